The molecule has 0 aliphatic carbocycles. The first-order chi connectivity index (χ1) is 13.4. The second kappa shape index (κ2) is 8.94. The van der Waals surface area contributed by atoms with Gasteiger partial charge in [-0.3, -0.25) is 14.5 Å². The minimum Gasteiger partial charge on any atom is -0.324 e. The third kappa shape index (κ3) is 4.84. The molecule has 1 aliphatic rings. The average molecular weight is 440 g/mol. The molecular weight excluding hydrogens is 424 g/mol. The van der Waals surface area contributed by atoms with Gasteiger partial charge in [0.2, 0.25) is 11.8 Å². The fourth-order valence-electron chi connectivity index (χ4n) is 2.66. The average Bonchev–Trinajstić information content (AvgIpc) is 2.90. The van der Waals surface area contributed by atoms with Gasteiger partial charge in [-0.25, -0.2) is 9.38 Å². The zero-order valence-electron chi connectivity index (χ0n) is 14.8. The zero-order chi connectivity index (χ0) is 20.3. The Kier molecular flexibility index (Phi) is 6.59. The number of amides is 2. The van der Waals surface area contributed by atoms with Crippen molar-refractivity contribution < 1.29 is 14.0 Å². The maximum Gasteiger partial charge on any atom is 0.242 e. The van der Waals surface area contributed by atoms with E-state index in [-0.39, 0.29) is 18.0 Å². The van der Waals surface area contributed by atoms with Crippen LogP contribution in [0, 0.1) is 5.82 Å². The number of hydrogen-bond donors (Lipinski definition) is 1. The summed E-state index contributed by atoms with van der Waals surface area (Å²) in [6.07, 6.45) is -0.0936. The van der Waals surface area contributed by atoms with Gasteiger partial charge in [0, 0.05) is 23.0 Å². The quantitative estimate of drug-likeness (QED) is 0.703. The third-order valence-corrected chi connectivity index (χ3v) is 5.54. The Morgan fingerprint density at radius 1 is 1.25 bits per heavy atom. The van der Waals surface area contributed by atoms with Gasteiger partial charge >= 0.3 is 0 Å². The van der Waals surface area contributed by atoms with E-state index in [0.717, 1.165) is 0 Å². The van der Waals surface area contributed by atoms with Gasteiger partial charge < -0.3 is 5.32 Å². The summed E-state index contributed by atoms with van der Waals surface area (Å²) in [5.41, 5.74) is 0.598. The first kappa shape index (κ1) is 20.6. The third-order valence-electron chi connectivity index (χ3n) is 3.93. The number of nitrogens with one attached hydrogen (secondary N) is 1. The van der Waals surface area contributed by atoms with Gasteiger partial charge in [0.05, 0.1) is 11.4 Å². The highest BCUT2D eigenvalue weighted by molar-refractivity contribution is 8.15. The summed E-state index contributed by atoms with van der Waals surface area (Å²) in [7, 11) is 0. The number of anilines is 1. The van der Waals surface area contributed by atoms with Crippen LogP contribution in [0.4, 0.5) is 15.8 Å². The Labute approximate surface area is 175 Å². The fraction of sp³-hybridized carbons (Fsp3) is 0.211. The van der Waals surface area contributed by atoms with Crippen LogP contribution in [0.2, 0.25) is 10.0 Å². The molecule has 9 heteroatoms. The van der Waals surface area contributed by atoms with Crippen LogP contribution in [0.1, 0.15) is 13.3 Å². The van der Waals surface area contributed by atoms with E-state index < -0.39 is 17.0 Å². The predicted octanol–water partition coefficient (Wildman–Crippen LogP) is 5.11. The molecule has 1 N–H and O–H groups in total. The van der Waals surface area contributed by atoms with Gasteiger partial charge in [0.15, 0.2) is 5.17 Å². The molecule has 146 valence electrons. The van der Waals surface area contributed by atoms with Crippen LogP contribution < -0.4 is 5.32 Å². The Balaban J connectivity index is 1.75. The van der Waals surface area contributed by atoms with E-state index in [0.29, 0.717) is 27.4 Å². The van der Waals surface area contributed by atoms with E-state index in [1.54, 1.807) is 24.3 Å². The summed E-state index contributed by atoms with van der Waals surface area (Å²) >= 11 is 13.2. The molecule has 0 bridgehead atoms. The summed E-state index contributed by atoms with van der Waals surface area (Å²) in [6, 6.07) is 10.7. The summed E-state index contributed by atoms with van der Waals surface area (Å²) in [4.78, 5) is 30.9. The number of para-hydroxylation sites is 1. The van der Waals surface area contributed by atoms with Crippen LogP contribution in [-0.4, -0.2) is 33.7 Å². The molecule has 0 spiro atoms. The minimum atomic E-state index is -0.639. The summed E-state index contributed by atoms with van der Waals surface area (Å²) in [5, 5.41) is 3.20. The van der Waals surface area contributed by atoms with E-state index in [1.807, 2.05) is 6.92 Å². The molecule has 28 heavy (non-hydrogen) atoms. The Bertz CT molecular complexity index is 934. The Morgan fingerprint density at radius 3 is 2.57 bits per heavy atom. The van der Waals surface area contributed by atoms with Gasteiger partial charge in [-0.05, 0) is 37.3 Å². The lowest BCUT2D eigenvalue weighted by molar-refractivity contribution is -0.128. The van der Waals surface area contributed by atoms with Crippen molar-refractivity contribution >= 4 is 63.3 Å². The second-order valence-electron chi connectivity index (χ2n) is 5.94. The molecule has 0 saturated carbocycles. The molecule has 1 fully saturated rings. The number of carbonyl (C=O) groups excluding carboxylic acids is 2. The van der Waals surface area contributed by atoms with Crippen LogP contribution in [0.3, 0.4) is 0 Å². The van der Waals surface area contributed by atoms with Crippen LogP contribution in [0.25, 0.3) is 0 Å². The molecule has 2 aromatic carbocycles. The number of thioether (sulfide) groups is 1. The van der Waals surface area contributed by atoms with Crippen LogP contribution in [0.5, 0.6) is 0 Å². The molecule has 0 radical (unpaired) electrons. The highest BCUT2D eigenvalue weighted by Gasteiger charge is 2.38. The first-order valence-corrected chi connectivity index (χ1v) is 10.1. The largest absolute Gasteiger partial charge is 0.324 e. The highest BCUT2D eigenvalue weighted by atomic mass is 35.5. The lowest BCUT2D eigenvalue weighted by Crippen LogP contribution is -2.33. The van der Waals surface area contributed by atoms with Crippen molar-refractivity contribution in [2.45, 2.75) is 18.6 Å². The van der Waals surface area contributed by atoms with Gasteiger partial charge in [-0.1, -0.05) is 47.1 Å². The van der Waals surface area contributed by atoms with Crippen LogP contribution in [0.15, 0.2) is 47.5 Å². The molecule has 1 atom stereocenters. The highest BCUT2D eigenvalue weighted by Crippen LogP contribution is 2.33. The number of nitrogens with zero attached hydrogens (tertiary/aromatic N) is 2. The van der Waals surface area contributed by atoms with Crippen molar-refractivity contribution in [1.82, 2.24) is 4.90 Å². The molecule has 0 aromatic heterocycles. The topological polar surface area (TPSA) is 61.8 Å². The van der Waals surface area contributed by atoms with Crippen molar-refractivity contribution in [2.24, 2.45) is 4.99 Å². The summed E-state index contributed by atoms with van der Waals surface area (Å²) in [5.74, 6) is -1.20. The lowest BCUT2D eigenvalue weighted by Gasteiger charge is -2.13. The van der Waals surface area contributed by atoms with Crippen molar-refractivity contribution in [3.05, 3.63) is 58.3 Å². The van der Waals surface area contributed by atoms with Gasteiger partial charge in [-0.2, -0.15) is 0 Å². The van der Waals surface area contributed by atoms with Crippen LogP contribution >= 0.6 is 35.0 Å². The standard InChI is InChI=1S/C19H16Cl2FN3O2S/c1-2-25-18(27)16(10-17(26)24-15-6-4-3-5-14(15)22)28-19(25)23-13-8-11(20)7-12(21)9-13/h3-9,16H,2,10H2,1H3,(H,24,26). The van der Waals surface area contributed by atoms with E-state index >= 15 is 0 Å². The number of halogens is 3. The monoisotopic (exact) mass is 439 g/mol. The summed E-state index contributed by atoms with van der Waals surface area (Å²) < 4.78 is 13.7. The van der Waals surface area contributed by atoms with Crippen molar-refractivity contribution in [1.29, 1.82) is 0 Å². The molecule has 1 aliphatic heterocycles. The van der Waals surface area contributed by atoms with E-state index in [9.17, 15) is 14.0 Å². The molecule has 2 amide bonds. The van der Waals surface area contributed by atoms with Gasteiger partial charge in [0.25, 0.3) is 0 Å². The maximum atomic E-state index is 13.7. The Morgan fingerprint density at radius 2 is 1.93 bits per heavy atom. The molecule has 2 aromatic rings. The maximum absolute atomic E-state index is 13.7. The van der Waals surface area contributed by atoms with Crippen molar-refractivity contribution in [3.8, 4) is 0 Å². The molecule has 1 heterocycles. The number of benzene rings is 2. The number of hydrogen-bond acceptors (Lipinski definition) is 4. The molecule has 1 saturated heterocycles. The zero-order valence-corrected chi connectivity index (χ0v) is 17.1. The number of rotatable bonds is 5. The Hall–Kier alpha value is -2.09. The number of aliphatic imine (C=N–C) groups is 1. The predicted molar refractivity (Wildman–Crippen MR) is 112 cm³/mol. The second-order valence-corrected chi connectivity index (χ2v) is 7.99. The van der Waals surface area contributed by atoms with E-state index in [4.69, 9.17) is 23.2 Å². The molecular formula is C19H16Cl2FN3O2S. The number of amidine groups is 1. The van der Waals surface area contributed by atoms with E-state index in [1.165, 1.54) is 34.9 Å². The lowest BCUT2D eigenvalue weighted by atomic mass is 10.2. The first-order valence-electron chi connectivity index (χ1n) is 8.44. The molecule has 1 unspecified atom stereocenters. The molecule has 5 nitrogen and oxygen atoms in total. The van der Waals surface area contributed by atoms with Crippen molar-refractivity contribution in [2.75, 3.05) is 11.9 Å². The fourth-order valence-corrected chi connectivity index (χ4v) is 4.40. The normalized spacial score (nSPS) is 18.0. The van der Waals surface area contributed by atoms with Gasteiger partial charge in [0.1, 0.15) is 11.1 Å². The number of carbonyl (C=O) groups is 2. The summed E-state index contributed by atoms with van der Waals surface area (Å²) in [6.45, 7) is 2.23. The van der Waals surface area contributed by atoms with Gasteiger partial charge in [-0.15, -0.1) is 0 Å². The van der Waals surface area contributed by atoms with Crippen molar-refractivity contribution in [3.63, 3.8) is 0 Å². The smallest absolute Gasteiger partial charge is 0.242 e. The van der Waals surface area contributed by atoms with Crippen LogP contribution in [-0.2, 0) is 9.59 Å². The van der Waals surface area contributed by atoms with E-state index in [2.05, 4.69) is 10.3 Å². The molecule has 3 rings (SSSR count). The SMILES string of the molecule is CCN1C(=O)C(CC(=O)Nc2ccccc2F)SC1=Nc1cc(Cl)cc(Cl)c1. The minimum absolute atomic E-state index is 0.0813.